The molecule has 0 fully saturated rings. The fourth-order valence-corrected chi connectivity index (χ4v) is 4.94. The van der Waals surface area contributed by atoms with Gasteiger partial charge >= 0.3 is 12.3 Å². The average Bonchev–Trinajstić information content (AvgIpc) is 3.29. The number of nitrogens with one attached hydrogen (secondary N) is 2. The normalized spacial score (nSPS) is 18.0. The van der Waals surface area contributed by atoms with Gasteiger partial charge in [-0.1, -0.05) is 11.3 Å². The van der Waals surface area contributed by atoms with Gasteiger partial charge in [0.15, 0.2) is 10.9 Å². The highest BCUT2D eigenvalue weighted by Gasteiger charge is 2.45. The number of amides is 1. The van der Waals surface area contributed by atoms with Crippen molar-refractivity contribution in [1.82, 2.24) is 4.98 Å². The second-order valence-electron chi connectivity index (χ2n) is 7.95. The molecule has 5 N–H and O–H groups in total. The molecular weight excluding hydrogens is 503 g/mol. The third-order valence-electron chi connectivity index (χ3n) is 5.59. The van der Waals surface area contributed by atoms with Gasteiger partial charge in [0.25, 0.3) is 0 Å². The maximum atomic E-state index is 12.6. The summed E-state index contributed by atoms with van der Waals surface area (Å²) in [5.74, 6) is -3.43. The summed E-state index contributed by atoms with van der Waals surface area (Å²) >= 11 is 1.07. The van der Waals surface area contributed by atoms with Gasteiger partial charge < -0.3 is 35.8 Å². The minimum Gasteiger partial charge on any atom is -0.478 e. The highest BCUT2D eigenvalue weighted by Crippen LogP contribution is 2.43. The van der Waals surface area contributed by atoms with Crippen LogP contribution < -0.4 is 26.0 Å². The third kappa shape index (κ3) is 5.09. The van der Waals surface area contributed by atoms with Crippen LogP contribution in [0, 0.1) is 0 Å². The number of carbonyl (C=O) groups excluding carboxylic acids is 1. The largest absolute Gasteiger partial charge is 0.573 e. The van der Waals surface area contributed by atoms with Crippen LogP contribution >= 0.6 is 11.3 Å². The summed E-state index contributed by atoms with van der Waals surface area (Å²) < 4.78 is 47.8. The smallest absolute Gasteiger partial charge is 0.478 e. The number of carbonyl (C=O) groups is 2. The van der Waals surface area contributed by atoms with Crippen molar-refractivity contribution in [3.63, 3.8) is 0 Å². The van der Waals surface area contributed by atoms with E-state index in [1.54, 1.807) is 24.9 Å². The zero-order valence-electron chi connectivity index (χ0n) is 19.0. The number of primary amides is 1. The number of aromatic carboxylic acids is 1. The number of carboxylic acid groups (broad SMARTS) is 1. The zero-order valence-corrected chi connectivity index (χ0v) is 19.9. The molecule has 4 rings (SSSR count). The molecule has 1 aliphatic heterocycles. The number of nitrogens with two attached hydrogens (primary N) is 1. The molecule has 0 spiro atoms. The van der Waals surface area contributed by atoms with Gasteiger partial charge in [-0.3, -0.25) is 4.79 Å². The molecule has 3 aromatic rings. The van der Waals surface area contributed by atoms with E-state index in [0.717, 1.165) is 17.4 Å². The number of nitrogens with zero attached hydrogens (tertiary/aromatic N) is 2. The Labute approximate surface area is 206 Å². The standard InChI is InChI=1S/C22H22F3N5O5S/c1-3-34-16(18(26)31)10-21(28-14-8-11(19(32)33)4-7-15(14)30(21)2)29-20-27-13-6-5-12(9-17(13)36-20)35-22(23,24)25/h4-9,16,28H,3,10H2,1-2H3,(H2,26,31)(H,27,29)(H,32,33). The molecular formula is C22H22F3N5O5S. The van der Waals surface area contributed by atoms with E-state index < -0.39 is 30.1 Å². The van der Waals surface area contributed by atoms with Crippen LogP contribution in [-0.2, 0) is 9.53 Å². The molecule has 14 heteroatoms. The number of aromatic nitrogens is 1. The van der Waals surface area contributed by atoms with Gasteiger partial charge in [-0.25, -0.2) is 9.78 Å². The number of anilines is 3. The van der Waals surface area contributed by atoms with Crippen molar-refractivity contribution in [3.8, 4) is 5.75 Å². The van der Waals surface area contributed by atoms with Gasteiger partial charge in [-0.05, 0) is 37.3 Å². The summed E-state index contributed by atoms with van der Waals surface area (Å²) in [7, 11) is 1.72. The average molecular weight is 526 g/mol. The minimum absolute atomic E-state index is 0.0118. The van der Waals surface area contributed by atoms with Gasteiger partial charge in [-0.15, -0.1) is 13.2 Å². The fraction of sp³-hybridized carbons (Fsp3) is 0.318. The van der Waals surface area contributed by atoms with Crippen molar-refractivity contribution in [2.75, 3.05) is 29.2 Å². The van der Waals surface area contributed by atoms with Gasteiger partial charge in [0, 0.05) is 26.1 Å². The molecule has 1 aromatic heterocycles. The monoisotopic (exact) mass is 525 g/mol. The molecule has 0 radical (unpaired) electrons. The van der Waals surface area contributed by atoms with E-state index in [2.05, 4.69) is 20.4 Å². The Morgan fingerprint density at radius 2 is 2.06 bits per heavy atom. The fourth-order valence-electron chi connectivity index (χ4n) is 3.97. The predicted molar refractivity (Wildman–Crippen MR) is 127 cm³/mol. The molecule has 0 saturated carbocycles. The first kappa shape index (κ1) is 25.3. The molecule has 0 saturated heterocycles. The van der Waals surface area contributed by atoms with Crippen molar-refractivity contribution in [3.05, 3.63) is 42.0 Å². The highest BCUT2D eigenvalue weighted by molar-refractivity contribution is 7.22. The number of halogens is 3. The van der Waals surface area contributed by atoms with Crippen molar-refractivity contribution in [2.24, 2.45) is 5.73 Å². The van der Waals surface area contributed by atoms with E-state index in [1.165, 1.54) is 24.3 Å². The number of alkyl halides is 3. The van der Waals surface area contributed by atoms with Crippen molar-refractivity contribution >= 4 is 49.9 Å². The molecule has 36 heavy (non-hydrogen) atoms. The molecule has 2 unspecified atom stereocenters. The molecule has 192 valence electrons. The van der Waals surface area contributed by atoms with E-state index in [1.807, 2.05) is 0 Å². The van der Waals surface area contributed by atoms with E-state index in [9.17, 15) is 27.9 Å². The summed E-state index contributed by atoms with van der Waals surface area (Å²) in [6.45, 7) is 1.93. The lowest BCUT2D eigenvalue weighted by atomic mass is 10.1. The molecule has 1 aliphatic rings. The quantitative estimate of drug-likeness (QED) is 0.328. The Kier molecular flexibility index (Phi) is 6.58. The Hall–Kier alpha value is -3.78. The van der Waals surface area contributed by atoms with Gasteiger partial charge in [0.05, 0.1) is 27.2 Å². The van der Waals surface area contributed by atoms with Crippen LogP contribution in [0.2, 0.25) is 0 Å². The maximum absolute atomic E-state index is 12.6. The van der Waals surface area contributed by atoms with Crippen molar-refractivity contribution in [2.45, 2.75) is 31.6 Å². The highest BCUT2D eigenvalue weighted by atomic mass is 32.1. The van der Waals surface area contributed by atoms with Crippen LogP contribution in [-0.4, -0.2) is 53.9 Å². The summed E-state index contributed by atoms with van der Waals surface area (Å²) in [5.41, 5.74) is 7.15. The lowest BCUT2D eigenvalue weighted by Crippen LogP contribution is -2.58. The SMILES string of the molecule is CCOC(CC1(Nc2nc3ccc(OC(F)(F)F)cc3s2)Nc2cc(C(=O)O)ccc2N1C)C(N)=O. The number of hydrogen-bond donors (Lipinski definition) is 4. The number of hydrogen-bond acceptors (Lipinski definition) is 9. The summed E-state index contributed by atoms with van der Waals surface area (Å²) in [6, 6.07) is 8.31. The number of fused-ring (bicyclic) bond motifs is 2. The van der Waals surface area contributed by atoms with E-state index in [0.29, 0.717) is 26.7 Å². The summed E-state index contributed by atoms with van der Waals surface area (Å²) in [4.78, 5) is 29.8. The summed E-state index contributed by atoms with van der Waals surface area (Å²) in [5, 5.41) is 16.2. The number of benzene rings is 2. The minimum atomic E-state index is -4.83. The van der Waals surface area contributed by atoms with Crippen LogP contribution in [0.5, 0.6) is 5.75 Å². The lowest BCUT2D eigenvalue weighted by molar-refractivity contribution is -0.274. The summed E-state index contributed by atoms with van der Waals surface area (Å²) in [6.07, 6.45) is -5.86. The van der Waals surface area contributed by atoms with Crippen LogP contribution in [0.1, 0.15) is 23.7 Å². The second kappa shape index (κ2) is 9.35. The maximum Gasteiger partial charge on any atom is 0.573 e. The Morgan fingerprint density at radius 1 is 1.31 bits per heavy atom. The van der Waals surface area contributed by atoms with Gasteiger partial charge in [-0.2, -0.15) is 0 Å². The zero-order chi connectivity index (χ0) is 26.3. The third-order valence-corrected chi connectivity index (χ3v) is 6.53. The van der Waals surface area contributed by atoms with E-state index in [4.69, 9.17) is 10.5 Å². The number of ether oxygens (including phenoxy) is 2. The number of thiazole rings is 1. The molecule has 10 nitrogen and oxygen atoms in total. The molecule has 0 aliphatic carbocycles. The first-order valence-electron chi connectivity index (χ1n) is 10.7. The molecule has 1 amide bonds. The topological polar surface area (TPSA) is 139 Å². The molecule has 2 atom stereocenters. The first-order chi connectivity index (χ1) is 16.9. The van der Waals surface area contributed by atoms with Crippen LogP contribution in [0.3, 0.4) is 0 Å². The van der Waals surface area contributed by atoms with Crippen molar-refractivity contribution < 1.29 is 37.3 Å². The molecule has 2 aromatic carbocycles. The van der Waals surface area contributed by atoms with Crippen molar-refractivity contribution in [1.29, 1.82) is 0 Å². The molecule has 2 heterocycles. The number of carboxylic acids is 1. The van der Waals surface area contributed by atoms with Crippen LogP contribution in [0.25, 0.3) is 10.2 Å². The number of rotatable bonds is 9. The predicted octanol–water partition coefficient (Wildman–Crippen LogP) is 3.80. The van der Waals surface area contributed by atoms with Crippen LogP contribution in [0.4, 0.5) is 29.7 Å². The molecule has 0 bridgehead atoms. The van der Waals surface area contributed by atoms with E-state index in [-0.39, 0.29) is 24.3 Å². The second-order valence-corrected chi connectivity index (χ2v) is 8.98. The lowest BCUT2D eigenvalue weighted by Gasteiger charge is -2.39. The van der Waals surface area contributed by atoms with Crippen LogP contribution in [0.15, 0.2) is 36.4 Å². The van der Waals surface area contributed by atoms with E-state index >= 15 is 0 Å². The Morgan fingerprint density at radius 3 is 2.69 bits per heavy atom. The van der Waals surface area contributed by atoms with Gasteiger partial charge in [0.2, 0.25) is 5.91 Å². The Bertz CT molecular complexity index is 1320. The Balaban J connectivity index is 1.72. The van der Waals surface area contributed by atoms with Gasteiger partial charge in [0.1, 0.15) is 11.9 Å². The first-order valence-corrected chi connectivity index (χ1v) is 11.5.